The molecule has 0 fully saturated rings. The van der Waals surface area contributed by atoms with Gasteiger partial charge in [-0.2, -0.15) is 4.31 Å². The van der Waals surface area contributed by atoms with Gasteiger partial charge in [-0.1, -0.05) is 23.8 Å². The Morgan fingerprint density at radius 2 is 1.94 bits per heavy atom. The van der Waals surface area contributed by atoms with Crippen molar-refractivity contribution in [3.05, 3.63) is 40.2 Å². The average molecular weight is 357 g/mol. The van der Waals surface area contributed by atoms with E-state index in [9.17, 15) is 8.42 Å². The van der Waals surface area contributed by atoms with Crippen molar-refractivity contribution in [3.63, 3.8) is 0 Å². The summed E-state index contributed by atoms with van der Waals surface area (Å²) in [7, 11) is -3.53. The molecule has 0 unspecified atom stereocenters. The molecular weight excluding hydrogens is 346 g/mol. The largest absolute Gasteiger partial charge is 0.253 e. The summed E-state index contributed by atoms with van der Waals surface area (Å²) in [5, 5.41) is 0.394. The Balaban J connectivity index is 3.15. The van der Waals surface area contributed by atoms with Crippen LogP contribution in [0.15, 0.2) is 39.4 Å². The molecular formula is C10H11BrClNO2S2. The number of rotatable bonds is 6. The van der Waals surface area contributed by atoms with Crippen molar-refractivity contribution in [2.45, 2.75) is 4.21 Å². The van der Waals surface area contributed by atoms with Gasteiger partial charge in [0.25, 0.3) is 10.0 Å². The highest BCUT2D eigenvalue weighted by Gasteiger charge is 2.25. The fourth-order valence-corrected chi connectivity index (χ4v) is 5.08. The van der Waals surface area contributed by atoms with Gasteiger partial charge < -0.3 is 0 Å². The normalized spacial score (nSPS) is 11.7. The fourth-order valence-electron chi connectivity index (χ4n) is 1.14. The van der Waals surface area contributed by atoms with E-state index in [2.05, 4.69) is 29.1 Å². The molecule has 1 aromatic heterocycles. The molecule has 17 heavy (non-hydrogen) atoms. The highest BCUT2D eigenvalue weighted by Crippen LogP contribution is 2.35. The summed E-state index contributed by atoms with van der Waals surface area (Å²) in [5.74, 6) is 0. The molecule has 94 valence electrons. The topological polar surface area (TPSA) is 37.4 Å². The van der Waals surface area contributed by atoms with Gasteiger partial charge in [-0.15, -0.1) is 24.5 Å². The highest BCUT2D eigenvalue weighted by molar-refractivity contribution is 9.11. The van der Waals surface area contributed by atoms with Gasteiger partial charge in [-0.25, -0.2) is 8.42 Å². The molecule has 0 spiro atoms. The minimum atomic E-state index is -3.53. The lowest BCUT2D eigenvalue weighted by molar-refractivity contribution is 0.476. The van der Waals surface area contributed by atoms with E-state index in [1.165, 1.54) is 22.5 Å². The maximum atomic E-state index is 12.2. The van der Waals surface area contributed by atoms with E-state index in [4.69, 9.17) is 11.6 Å². The molecule has 1 heterocycles. The van der Waals surface area contributed by atoms with Gasteiger partial charge in [0.15, 0.2) is 0 Å². The maximum absolute atomic E-state index is 12.2. The van der Waals surface area contributed by atoms with Crippen molar-refractivity contribution in [3.8, 4) is 0 Å². The Kier molecular flexibility index (Phi) is 5.40. The molecule has 0 saturated carbocycles. The van der Waals surface area contributed by atoms with Crippen molar-refractivity contribution in [2.75, 3.05) is 13.1 Å². The molecule has 0 radical (unpaired) electrons. The molecule has 1 aromatic rings. The van der Waals surface area contributed by atoms with E-state index in [1.54, 1.807) is 0 Å². The lowest BCUT2D eigenvalue weighted by atomic mass is 10.5. The van der Waals surface area contributed by atoms with Gasteiger partial charge in [0.05, 0.1) is 8.81 Å². The van der Waals surface area contributed by atoms with E-state index < -0.39 is 10.0 Å². The summed E-state index contributed by atoms with van der Waals surface area (Å²) in [6.45, 7) is 7.56. The van der Waals surface area contributed by atoms with E-state index >= 15 is 0 Å². The van der Waals surface area contributed by atoms with Crippen LogP contribution >= 0.6 is 38.9 Å². The lowest BCUT2D eigenvalue weighted by Crippen LogP contribution is -2.30. The molecule has 0 amide bonds. The summed E-state index contributed by atoms with van der Waals surface area (Å²) < 4.78 is 26.6. The number of nitrogens with zero attached hydrogens (tertiary/aromatic N) is 1. The van der Waals surface area contributed by atoms with Crippen molar-refractivity contribution in [2.24, 2.45) is 0 Å². The van der Waals surface area contributed by atoms with Crippen molar-refractivity contribution < 1.29 is 8.42 Å². The number of sulfonamides is 1. The molecule has 0 atom stereocenters. The quantitative estimate of drug-likeness (QED) is 0.731. The van der Waals surface area contributed by atoms with Gasteiger partial charge in [0.1, 0.15) is 4.21 Å². The number of hydrogen-bond donors (Lipinski definition) is 0. The molecule has 0 N–H and O–H groups in total. The molecule has 1 rings (SSSR count). The number of hydrogen-bond acceptors (Lipinski definition) is 3. The van der Waals surface area contributed by atoms with E-state index in [0.717, 1.165) is 11.3 Å². The predicted molar refractivity (Wildman–Crippen MR) is 76.2 cm³/mol. The Hall–Kier alpha value is -0.140. The SMILES string of the molecule is C=CCN(CC=C)S(=O)(=O)c1cc(Cl)c(Br)s1. The third-order valence-electron chi connectivity index (χ3n) is 1.88. The van der Waals surface area contributed by atoms with Crippen LogP contribution in [0, 0.1) is 0 Å². The Labute approximate surface area is 119 Å². The monoisotopic (exact) mass is 355 g/mol. The second kappa shape index (κ2) is 6.15. The minimum Gasteiger partial charge on any atom is -0.206 e. The van der Waals surface area contributed by atoms with Crippen LogP contribution in [0.5, 0.6) is 0 Å². The Morgan fingerprint density at radius 3 is 2.29 bits per heavy atom. The minimum absolute atomic E-state index is 0.207. The van der Waals surface area contributed by atoms with Crippen LogP contribution in [0.2, 0.25) is 5.02 Å². The van der Waals surface area contributed by atoms with Crippen LogP contribution in [0.1, 0.15) is 0 Å². The van der Waals surface area contributed by atoms with Crippen molar-refractivity contribution in [1.29, 1.82) is 0 Å². The first-order valence-electron chi connectivity index (χ1n) is 4.60. The molecule has 0 aromatic carbocycles. The first-order valence-corrected chi connectivity index (χ1v) is 8.03. The molecule has 0 bridgehead atoms. The maximum Gasteiger partial charge on any atom is 0.253 e. The van der Waals surface area contributed by atoms with Crippen molar-refractivity contribution >= 4 is 48.9 Å². The molecule has 0 aliphatic heterocycles. The molecule has 0 saturated heterocycles. The summed E-state index contributed by atoms with van der Waals surface area (Å²) in [5.41, 5.74) is 0. The Bertz CT molecular complexity index is 495. The fraction of sp³-hybridized carbons (Fsp3) is 0.200. The van der Waals surface area contributed by atoms with Gasteiger partial charge in [-0.05, 0) is 22.0 Å². The lowest BCUT2D eigenvalue weighted by Gasteiger charge is -2.17. The molecule has 3 nitrogen and oxygen atoms in total. The van der Waals surface area contributed by atoms with Crippen molar-refractivity contribution in [1.82, 2.24) is 4.31 Å². The van der Waals surface area contributed by atoms with Crippen LogP contribution in [0.25, 0.3) is 0 Å². The first kappa shape index (κ1) is 14.9. The van der Waals surface area contributed by atoms with Crippen LogP contribution in [0.3, 0.4) is 0 Å². The van der Waals surface area contributed by atoms with Crippen LogP contribution in [-0.4, -0.2) is 25.8 Å². The average Bonchev–Trinajstić information content (AvgIpc) is 2.59. The van der Waals surface area contributed by atoms with Crippen LogP contribution in [0.4, 0.5) is 0 Å². The van der Waals surface area contributed by atoms with E-state index in [0.29, 0.717) is 8.81 Å². The first-order chi connectivity index (χ1) is 7.93. The Morgan fingerprint density at radius 1 is 1.41 bits per heavy atom. The summed E-state index contributed by atoms with van der Waals surface area (Å²) in [4.78, 5) is 0. The summed E-state index contributed by atoms with van der Waals surface area (Å²) in [6, 6.07) is 1.44. The second-order valence-electron chi connectivity index (χ2n) is 3.09. The smallest absolute Gasteiger partial charge is 0.206 e. The molecule has 7 heteroatoms. The van der Waals surface area contributed by atoms with Crippen LogP contribution in [-0.2, 0) is 10.0 Å². The van der Waals surface area contributed by atoms with Gasteiger partial charge in [0.2, 0.25) is 0 Å². The van der Waals surface area contributed by atoms with Gasteiger partial charge in [-0.3, -0.25) is 0 Å². The van der Waals surface area contributed by atoms with Gasteiger partial charge >= 0.3 is 0 Å². The predicted octanol–water partition coefficient (Wildman–Crippen LogP) is 3.53. The van der Waals surface area contributed by atoms with E-state index in [-0.39, 0.29) is 17.3 Å². The molecule has 0 aliphatic rings. The second-order valence-corrected chi connectivity index (χ2v) is 8.03. The van der Waals surface area contributed by atoms with Gasteiger partial charge in [0, 0.05) is 13.1 Å². The number of thiophene rings is 1. The standard InChI is InChI=1S/C10H11BrClNO2S2/c1-3-5-13(6-4-2)17(14,15)9-7-8(12)10(11)16-9/h3-4,7H,1-2,5-6H2. The summed E-state index contributed by atoms with van der Waals surface area (Å²) >= 11 is 10.1. The third kappa shape index (κ3) is 3.42. The van der Waals surface area contributed by atoms with E-state index in [1.807, 2.05) is 0 Å². The zero-order chi connectivity index (χ0) is 13.1. The number of halogens is 2. The molecule has 0 aliphatic carbocycles. The summed E-state index contributed by atoms with van der Waals surface area (Å²) in [6.07, 6.45) is 3.07. The third-order valence-corrected chi connectivity index (χ3v) is 6.64. The van der Waals surface area contributed by atoms with Crippen LogP contribution < -0.4 is 0 Å². The zero-order valence-corrected chi connectivity index (χ0v) is 12.9. The highest BCUT2D eigenvalue weighted by atomic mass is 79.9. The zero-order valence-electron chi connectivity index (χ0n) is 8.90.